The minimum atomic E-state index is -0.450. The van der Waals surface area contributed by atoms with Gasteiger partial charge in [0, 0.05) is 23.2 Å². The van der Waals surface area contributed by atoms with Crippen molar-refractivity contribution in [2.24, 2.45) is 5.73 Å². The topological polar surface area (TPSA) is 95.1 Å². The number of primary amides is 1. The van der Waals surface area contributed by atoms with Crippen molar-refractivity contribution in [2.75, 3.05) is 11.9 Å². The monoisotopic (exact) mass is 427 g/mol. The van der Waals surface area contributed by atoms with E-state index in [2.05, 4.69) is 17.4 Å². The van der Waals surface area contributed by atoms with Gasteiger partial charge in [0.15, 0.2) is 11.6 Å². The quantitative estimate of drug-likeness (QED) is 0.499. The van der Waals surface area contributed by atoms with Crippen molar-refractivity contribution in [3.63, 3.8) is 0 Å². The number of carbonyl (C=O) groups is 1. The second-order valence-corrected chi connectivity index (χ2v) is 8.02. The van der Waals surface area contributed by atoms with Crippen molar-refractivity contribution in [3.05, 3.63) is 77.1 Å². The molecular formula is C25H25N5O2. The van der Waals surface area contributed by atoms with E-state index in [1.807, 2.05) is 47.9 Å². The summed E-state index contributed by atoms with van der Waals surface area (Å²) in [5.74, 6) is 1.52. The summed E-state index contributed by atoms with van der Waals surface area (Å²) in [4.78, 5) is 21.7. The van der Waals surface area contributed by atoms with E-state index in [0.29, 0.717) is 30.5 Å². The number of amides is 1. The molecule has 3 heterocycles. The van der Waals surface area contributed by atoms with Gasteiger partial charge < -0.3 is 15.8 Å². The van der Waals surface area contributed by atoms with Gasteiger partial charge in [-0.1, -0.05) is 36.4 Å². The first-order valence-electron chi connectivity index (χ1n) is 10.8. The Morgan fingerprint density at radius 2 is 1.97 bits per heavy atom. The minimum Gasteiger partial charge on any atom is -0.488 e. The van der Waals surface area contributed by atoms with Crippen LogP contribution in [-0.2, 0) is 13.0 Å². The average molecular weight is 428 g/mol. The van der Waals surface area contributed by atoms with Crippen LogP contribution in [0.3, 0.4) is 0 Å². The lowest BCUT2D eigenvalue weighted by Crippen LogP contribution is -2.12. The molecule has 5 rings (SSSR count). The summed E-state index contributed by atoms with van der Waals surface area (Å²) in [6, 6.07) is 17.7. The zero-order valence-corrected chi connectivity index (χ0v) is 18.0. The number of aromatic nitrogens is 3. The number of anilines is 1. The van der Waals surface area contributed by atoms with Crippen LogP contribution in [0, 0.1) is 6.92 Å². The summed E-state index contributed by atoms with van der Waals surface area (Å²) in [7, 11) is 0. The van der Waals surface area contributed by atoms with Crippen LogP contribution >= 0.6 is 0 Å². The van der Waals surface area contributed by atoms with Gasteiger partial charge in [0.1, 0.15) is 0 Å². The number of ether oxygens (including phenoxy) is 1. The molecule has 1 aliphatic heterocycles. The Morgan fingerprint density at radius 3 is 2.78 bits per heavy atom. The first-order valence-corrected chi connectivity index (χ1v) is 10.8. The number of nitrogens with one attached hydrogen (secondary N) is 1. The van der Waals surface area contributed by atoms with Gasteiger partial charge in [-0.15, -0.1) is 0 Å². The lowest BCUT2D eigenvalue weighted by molar-refractivity contribution is 0.100. The smallest absolute Gasteiger partial charge is 0.249 e. The van der Waals surface area contributed by atoms with Crippen molar-refractivity contribution in [1.82, 2.24) is 14.5 Å². The van der Waals surface area contributed by atoms with Gasteiger partial charge in [-0.3, -0.25) is 9.36 Å². The van der Waals surface area contributed by atoms with E-state index >= 15 is 0 Å². The van der Waals surface area contributed by atoms with Crippen LogP contribution in [0.2, 0.25) is 0 Å². The second-order valence-electron chi connectivity index (χ2n) is 8.02. The lowest BCUT2D eigenvalue weighted by atomic mass is 10.1. The van der Waals surface area contributed by atoms with Gasteiger partial charge >= 0.3 is 0 Å². The normalized spacial score (nSPS) is 13.3. The number of carbonyl (C=O) groups excluding carboxylic acids is 1. The van der Waals surface area contributed by atoms with Crippen LogP contribution in [0.1, 0.15) is 40.2 Å². The summed E-state index contributed by atoms with van der Waals surface area (Å²) in [6.07, 6.45) is 2.83. The van der Waals surface area contributed by atoms with Crippen molar-refractivity contribution in [1.29, 1.82) is 0 Å². The van der Waals surface area contributed by atoms with Crippen molar-refractivity contribution >= 4 is 22.6 Å². The van der Waals surface area contributed by atoms with E-state index in [-0.39, 0.29) is 0 Å². The molecule has 0 atom stereocenters. The van der Waals surface area contributed by atoms with Crippen LogP contribution in [0.15, 0.2) is 54.6 Å². The molecule has 4 aromatic rings. The molecule has 0 aliphatic carbocycles. The van der Waals surface area contributed by atoms with E-state index in [1.54, 1.807) is 6.07 Å². The highest BCUT2D eigenvalue weighted by atomic mass is 16.5. The van der Waals surface area contributed by atoms with Crippen LogP contribution < -0.4 is 15.8 Å². The van der Waals surface area contributed by atoms with E-state index in [9.17, 15) is 4.79 Å². The van der Waals surface area contributed by atoms with Crippen molar-refractivity contribution < 1.29 is 9.53 Å². The minimum absolute atomic E-state index is 0.450. The Labute approximate surface area is 186 Å². The maximum Gasteiger partial charge on any atom is 0.249 e. The molecule has 2 aromatic heterocycles. The van der Waals surface area contributed by atoms with Gasteiger partial charge in [0.05, 0.1) is 17.8 Å². The van der Waals surface area contributed by atoms with E-state index in [1.165, 1.54) is 0 Å². The molecule has 0 bridgehead atoms. The van der Waals surface area contributed by atoms with E-state index in [4.69, 9.17) is 20.4 Å². The van der Waals surface area contributed by atoms with Crippen LogP contribution in [0.4, 0.5) is 5.82 Å². The number of hydrogen-bond acceptors (Lipinski definition) is 5. The zero-order valence-electron chi connectivity index (χ0n) is 18.0. The highest BCUT2D eigenvalue weighted by Crippen LogP contribution is 2.33. The van der Waals surface area contributed by atoms with E-state index < -0.39 is 5.91 Å². The number of hydrogen-bond donors (Lipinski definition) is 2. The van der Waals surface area contributed by atoms with E-state index in [0.717, 1.165) is 52.9 Å². The predicted molar refractivity (Wildman–Crippen MR) is 124 cm³/mol. The Morgan fingerprint density at radius 1 is 1.12 bits per heavy atom. The third-order valence-electron chi connectivity index (χ3n) is 5.78. The van der Waals surface area contributed by atoms with Gasteiger partial charge in [-0.25, -0.2) is 4.98 Å². The molecule has 0 spiro atoms. The lowest BCUT2D eigenvalue weighted by Gasteiger charge is -2.16. The van der Waals surface area contributed by atoms with Crippen molar-refractivity contribution in [3.8, 4) is 11.7 Å². The largest absolute Gasteiger partial charge is 0.488 e. The highest BCUT2D eigenvalue weighted by molar-refractivity contribution is 6.06. The molecule has 1 amide bonds. The Kier molecular flexibility index (Phi) is 5.23. The third kappa shape index (κ3) is 3.66. The molecule has 0 fully saturated rings. The summed E-state index contributed by atoms with van der Waals surface area (Å²) < 4.78 is 8.02. The van der Waals surface area contributed by atoms with Crippen LogP contribution in [0.25, 0.3) is 16.9 Å². The molecule has 0 radical (unpaired) electrons. The molecule has 7 heteroatoms. The number of nitrogens with two attached hydrogens (primary N) is 1. The molecule has 0 saturated carbocycles. The number of aryl methyl sites for hydroxylation is 2. The predicted octanol–water partition coefficient (Wildman–Crippen LogP) is 4.16. The Balaban J connectivity index is 1.63. The Hall–Kier alpha value is -3.87. The summed E-state index contributed by atoms with van der Waals surface area (Å²) >= 11 is 0. The summed E-state index contributed by atoms with van der Waals surface area (Å²) in [6.45, 7) is 3.26. The second kappa shape index (κ2) is 8.34. The number of nitrogens with zero attached hydrogens (tertiary/aromatic N) is 3. The molecule has 32 heavy (non-hydrogen) atoms. The SMILES string of the molecule is Cc1cc2c(C(N)=O)cccc2n1-c1nc2c(c(NCc3ccccc3)n1)OCCCC2. The van der Waals surface area contributed by atoms with Gasteiger partial charge in [-0.05, 0) is 49.9 Å². The third-order valence-corrected chi connectivity index (χ3v) is 5.78. The molecule has 1 aliphatic rings. The molecular weight excluding hydrogens is 402 g/mol. The van der Waals surface area contributed by atoms with Crippen LogP contribution in [-0.4, -0.2) is 27.0 Å². The average Bonchev–Trinajstić information content (AvgIpc) is 2.96. The Bertz CT molecular complexity index is 1300. The summed E-state index contributed by atoms with van der Waals surface area (Å²) in [5, 5.41) is 4.25. The first-order chi connectivity index (χ1) is 15.6. The number of rotatable bonds is 5. The van der Waals surface area contributed by atoms with Gasteiger partial charge in [0.2, 0.25) is 11.9 Å². The molecule has 0 saturated heterocycles. The molecule has 3 N–H and O–H groups in total. The number of benzene rings is 2. The fourth-order valence-corrected chi connectivity index (χ4v) is 4.22. The molecule has 2 aromatic carbocycles. The van der Waals surface area contributed by atoms with Crippen LogP contribution in [0.5, 0.6) is 5.75 Å². The fourth-order valence-electron chi connectivity index (χ4n) is 4.22. The first kappa shape index (κ1) is 20.1. The molecule has 0 unspecified atom stereocenters. The maximum absolute atomic E-state index is 11.9. The maximum atomic E-state index is 11.9. The highest BCUT2D eigenvalue weighted by Gasteiger charge is 2.21. The fraction of sp³-hybridized carbons (Fsp3) is 0.240. The summed E-state index contributed by atoms with van der Waals surface area (Å²) in [5.41, 5.74) is 9.92. The van der Waals surface area contributed by atoms with Gasteiger partial charge in [0.25, 0.3) is 0 Å². The standard InChI is InChI=1S/C25H25N5O2/c1-16-14-19-18(23(26)31)10-7-12-21(19)30(16)25-28-20-11-5-6-13-32-22(20)24(29-25)27-15-17-8-3-2-4-9-17/h2-4,7-10,12,14H,5-6,11,13,15H2,1H3,(H2,26,31)(H,27,28,29). The number of fused-ring (bicyclic) bond motifs is 2. The van der Waals surface area contributed by atoms with Crippen molar-refractivity contribution in [2.45, 2.75) is 32.7 Å². The molecule has 7 nitrogen and oxygen atoms in total. The molecule has 162 valence electrons. The van der Waals surface area contributed by atoms with Gasteiger partial charge in [-0.2, -0.15) is 4.98 Å². The zero-order chi connectivity index (χ0) is 22.1.